The average Bonchev–Trinajstić information content (AvgIpc) is 3.27. The largest absolute Gasteiger partial charge is 0.461 e. The summed E-state index contributed by atoms with van der Waals surface area (Å²) in [5.74, 6) is 0.00973. The Balaban J connectivity index is 1.81. The summed E-state index contributed by atoms with van der Waals surface area (Å²) in [7, 11) is 0. The van der Waals surface area contributed by atoms with Gasteiger partial charge in [0.25, 0.3) is 0 Å². The second-order valence-corrected chi connectivity index (χ2v) is 7.77. The van der Waals surface area contributed by atoms with Crippen LogP contribution >= 0.6 is 0 Å². The van der Waals surface area contributed by atoms with E-state index in [-0.39, 0.29) is 17.6 Å². The molecule has 0 spiro atoms. The smallest absolute Gasteiger partial charge is 0.224 e. The van der Waals surface area contributed by atoms with E-state index in [1.54, 1.807) is 30.2 Å². The van der Waals surface area contributed by atoms with Gasteiger partial charge in [0.05, 0.1) is 17.2 Å². The maximum Gasteiger partial charge on any atom is 0.224 e. The molecule has 2 aromatic heterocycles. The third kappa shape index (κ3) is 1.84. The van der Waals surface area contributed by atoms with Crippen LogP contribution in [0.3, 0.4) is 0 Å². The minimum absolute atomic E-state index is 0.0662. The first-order valence-electron chi connectivity index (χ1n) is 9.41. The lowest BCUT2D eigenvalue weighted by molar-refractivity contribution is -0.119. The van der Waals surface area contributed by atoms with E-state index < -0.39 is 11.0 Å². The van der Waals surface area contributed by atoms with Gasteiger partial charge in [-0.25, -0.2) is 0 Å². The monoisotopic (exact) mass is 372 g/mol. The van der Waals surface area contributed by atoms with E-state index in [1.165, 1.54) is 6.26 Å². The zero-order valence-corrected chi connectivity index (χ0v) is 15.8. The van der Waals surface area contributed by atoms with Crippen molar-refractivity contribution in [3.05, 3.63) is 84.1 Å². The Bertz CT molecular complexity index is 1080. The van der Waals surface area contributed by atoms with Gasteiger partial charge in [0.15, 0.2) is 5.76 Å². The number of aromatic nitrogens is 1. The summed E-state index contributed by atoms with van der Waals surface area (Å²) >= 11 is 0. The van der Waals surface area contributed by atoms with Crippen molar-refractivity contribution in [1.29, 1.82) is 0 Å². The fraction of sp³-hybridized carbons (Fsp3) is 0.261. The third-order valence-electron chi connectivity index (χ3n) is 6.50. The van der Waals surface area contributed by atoms with Crippen molar-refractivity contribution in [1.82, 2.24) is 4.98 Å². The van der Waals surface area contributed by atoms with Gasteiger partial charge in [-0.1, -0.05) is 24.3 Å². The summed E-state index contributed by atoms with van der Waals surface area (Å²) in [5.41, 5.74) is 0.933. The van der Waals surface area contributed by atoms with E-state index in [0.717, 1.165) is 16.9 Å². The van der Waals surface area contributed by atoms with Crippen LogP contribution in [0.25, 0.3) is 0 Å². The lowest BCUT2D eigenvalue weighted by Crippen LogP contribution is -2.71. The van der Waals surface area contributed by atoms with Gasteiger partial charge in [0.2, 0.25) is 11.7 Å². The first-order chi connectivity index (χ1) is 13.5. The molecule has 2 aliphatic rings. The summed E-state index contributed by atoms with van der Waals surface area (Å²) in [6, 6.07) is 16.9. The van der Waals surface area contributed by atoms with Crippen LogP contribution in [0.4, 0.5) is 5.69 Å². The molecule has 1 fully saturated rings. The zero-order chi connectivity index (χ0) is 19.5. The molecular formula is C23H20N2O3. The molecule has 0 N–H and O–H groups in total. The van der Waals surface area contributed by atoms with Gasteiger partial charge in [0, 0.05) is 30.4 Å². The molecule has 1 aliphatic heterocycles. The molecule has 140 valence electrons. The molecule has 5 rings (SSSR count). The molecular weight excluding hydrogens is 352 g/mol. The van der Waals surface area contributed by atoms with Crippen molar-refractivity contribution >= 4 is 17.4 Å². The second-order valence-electron chi connectivity index (χ2n) is 7.77. The molecule has 3 heterocycles. The molecule has 3 aromatic rings. The number of anilines is 1. The first kappa shape index (κ1) is 16.9. The lowest BCUT2D eigenvalue weighted by atomic mass is 9.44. The Morgan fingerprint density at radius 3 is 2.57 bits per heavy atom. The topological polar surface area (TPSA) is 63.4 Å². The maximum atomic E-state index is 14.0. The highest BCUT2D eigenvalue weighted by molar-refractivity contribution is 6.12. The number of para-hydroxylation sites is 1. The lowest BCUT2D eigenvalue weighted by Gasteiger charge is -2.60. The number of rotatable bonds is 3. The van der Waals surface area contributed by atoms with Gasteiger partial charge >= 0.3 is 0 Å². The molecule has 0 radical (unpaired) electrons. The van der Waals surface area contributed by atoms with E-state index in [1.807, 2.05) is 49.4 Å². The number of ketones is 1. The number of carbonyl (C=O) groups excluding carboxylic acids is 2. The molecule has 0 bridgehead atoms. The number of amides is 1. The standard InChI is InChI=1S/C23H20N2O3/c1-15(26)25-19-10-4-3-8-16(19)23(21(27)20-11-7-13-28-20)17(14-22(23,25)2)18-9-5-6-12-24-18/h3-13,17H,14H2,1-2H3/t17-,22+,23-/m1/s1. The van der Waals surface area contributed by atoms with Crippen LogP contribution in [0.15, 0.2) is 71.5 Å². The fourth-order valence-corrected chi connectivity index (χ4v) is 5.52. The SMILES string of the molecule is CC(=O)N1c2ccccc2[C@]2(C(=O)c3ccco3)[C@@H](c3ccccn3)C[C@]12C. The average molecular weight is 372 g/mol. The Morgan fingerprint density at radius 2 is 1.89 bits per heavy atom. The number of hydrogen-bond donors (Lipinski definition) is 0. The third-order valence-corrected chi connectivity index (χ3v) is 6.50. The van der Waals surface area contributed by atoms with Crippen molar-refractivity contribution in [3.63, 3.8) is 0 Å². The molecule has 1 aromatic carbocycles. The second kappa shape index (κ2) is 5.64. The summed E-state index contributed by atoms with van der Waals surface area (Å²) in [6.45, 7) is 3.57. The van der Waals surface area contributed by atoms with E-state index in [0.29, 0.717) is 12.2 Å². The van der Waals surface area contributed by atoms with Gasteiger partial charge < -0.3 is 9.32 Å². The minimum atomic E-state index is -0.929. The number of carbonyl (C=O) groups is 2. The number of fused-ring (bicyclic) bond motifs is 3. The Hall–Kier alpha value is -3.21. The number of Topliss-reactive ketones (excluding diaryl/α,β-unsaturated/α-hetero) is 1. The zero-order valence-electron chi connectivity index (χ0n) is 15.8. The number of nitrogens with zero attached hydrogens (tertiary/aromatic N) is 2. The summed E-state index contributed by atoms with van der Waals surface area (Å²) in [5, 5.41) is 0. The van der Waals surface area contributed by atoms with E-state index in [4.69, 9.17) is 4.42 Å². The van der Waals surface area contributed by atoms with Crippen molar-refractivity contribution in [2.75, 3.05) is 4.90 Å². The molecule has 5 nitrogen and oxygen atoms in total. The number of hydrogen-bond acceptors (Lipinski definition) is 4. The number of furan rings is 1. The van der Waals surface area contributed by atoms with Crippen LogP contribution in [0.5, 0.6) is 0 Å². The Morgan fingerprint density at radius 1 is 1.11 bits per heavy atom. The molecule has 3 atom stereocenters. The maximum absolute atomic E-state index is 14.0. The summed E-state index contributed by atoms with van der Waals surface area (Å²) in [4.78, 5) is 33.0. The number of benzene rings is 1. The number of pyridine rings is 1. The van der Waals surface area contributed by atoms with Crippen molar-refractivity contribution in [2.45, 2.75) is 37.1 Å². The quantitative estimate of drug-likeness (QED) is 0.649. The molecule has 5 heteroatoms. The highest BCUT2D eigenvalue weighted by Crippen LogP contribution is 2.69. The predicted molar refractivity (Wildman–Crippen MR) is 104 cm³/mol. The predicted octanol–water partition coefficient (Wildman–Crippen LogP) is 4.11. The van der Waals surface area contributed by atoms with Crippen LogP contribution in [-0.2, 0) is 10.2 Å². The fourth-order valence-electron chi connectivity index (χ4n) is 5.52. The van der Waals surface area contributed by atoms with E-state index in [9.17, 15) is 9.59 Å². The minimum Gasteiger partial charge on any atom is -0.461 e. The summed E-state index contributed by atoms with van der Waals surface area (Å²) in [6.07, 6.45) is 3.92. The van der Waals surface area contributed by atoms with Crippen LogP contribution in [0.1, 0.15) is 48.0 Å². The van der Waals surface area contributed by atoms with Gasteiger partial charge in [-0.3, -0.25) is 14.6 Å². The molecule has 28 heavy (non-hydrogen) atoms. The van der Waals surface area contributed by atoms with Gasteiger partial charge in [0.1, 0.15) is 0 Å². The van der Waals surface area contributed by atoms with Gasteiger partial charge in [-0.15, -0.1) is 0 Å². The first-order valence-corrected chi connectivity index (χ1v) is 9.41. The van der Waals surface area contributed by atoms with E-state index >= 15 is 0 Å². The molecule has 1 saturated carbocycles. The van der Waals surface area contributed by atoms with Crippen LogP contribution in [-0.4, -0.2) is 22.2 Å². The van der Waals surface area contributed by atoms with Crippen LogP contribution in [0, 0.1) is 0 Å². The highest BCUT2D eigenvalue weighted by atomic mass is 16.3. The van der Waals surface area contributed by atoms with Crippen molar-refractivity contribution in [3.8, 4) is 0 Å². The summed E-state index contributed by atoms with van der Waals surface area (Å²) < 4.78 is 5.52. The van der Waals surface area contributed by atoms with Crippen LogP contribution < -0.4 is 4.90 Å². The molecule has 1 amide bonds. The van der Waals surface area contributed by atoms with Crippen molar-refractivity contribution < 1.29 is 14.0 Å². The van der Waals surface area contributed by atoms with Crippen molar-refractivity contribution in [2.24, 2.45) is 0 Å². The Kier molecular flexibility index (Phi) is 3.41. The van der Waals surface area contributed by atoms with Gasteiger partial charge in [-0.2, -0.15) is 0 Å². The Labute approximate surface area is 163 Å². The van der Waals surface area contributed by atoms with Crippen LogP contribution in [0.2, 0.25) is 0 Å². The molecule has 1 aliphatic carbocycles. The van der Waals surface area contributed by atoms with E-state index in [2.05, 4.69) is 4.98 Å². The molecule has 0 unspecified atom stereocenters. The molecule has 0 saturated heterocycles. The van der Waals surface area contributed by atoms with Gasteiger partial charge in [-0.05, 0) is 49.2 Å². The highest BCUT2D eigenvalue weighted by Gasteiger charge is 2.76. The normalized spacial score (nSPS) is 27.6.